The molecule has 6 heteroatoms. The molecule has 0 fully saturated rings. The Labute approximate surface area is 135 Å². The van der Waals surface area contributed by atoms with Crippen molar-refractivity contribution in [2.24, 2.45) is 0 Å². The number of benzene rings is 2. The van der Waals surface area contributed by atoms with Gasteiger partial charge in [-0.1, -0.05) is 0 Å². The van der Waals surface area contributed by atoms with Crippen molar-refractivity contribution < 1.29 is 9.72 Å². The molecule has 5 nitrogen and oxygen atoms in total. The summed E-state index contributed by atoms with van der Waals surface area (Å²) in [5, 5.41) is 13.6. The van der Waals surface area contributed by atoms with Gasteiger partial charge in [0, 0.05) is 26.5 Å². The third-order valence-electron chi connectivity index (χ3n) is 3.09. The zero-order valence-corrected chi connectivity index (χ0v) is 13.7. The highest BCUT2D eigenvalue weighted by Gasteiger charge is 2.14. The molecule has 2 aromatic rings. The van der Waals surface area contributed by atoms with Gasteiger partial charge in [0.1, 0.15) is 0 Å². The Morgan fingerprint density at radius 3 is 2.43 bits per heavy atom. The normalized spacial score (nSPS) is 10.2. The van der Waals surface area contributed by atoms with Crippen molar-refractivity contribution in [2.45, 2.75) is 13.8 Å². The van der Waals surface area contributed by atoms with E-state index in [2.05, 4.69) is 27.9 Å². The Balaban J connectivity index is 2.24. The molecule has 0 bridgehead atoms. The van der Waals surface area contributed by atoms with Crippen molar-refractivity contribution in [3.8, 4) is 0 Å². The third kappa shape index (κ3) is 3.57. The number of aryl methyl sites for hydroxylation is 2. The summed E-state index contributed by atoms with van der Waals surface area (Å²) < 4.78 is 1.09. The molecule has 1 amide bonds. The number of nitro benzene ring substituents is 1. The van der Waals surface area contributed by atoms with Crippen LogP contribution < -0.4 is 5.32 Å². The van der Waals surface area contributed by atoms with Crippen LogP contribution in [0.5, 0.6) is 0 Å². The summed E-state index contributed by atoms with van der Waals surface area (Å²) in [6.07, 6.45) is 0. The molecule has 0 saturated heterocycles. The highest BCUT2D eigenvalue weighted by atomic mass is 127. The number of rotatable bonds is 3. The standard InChI is InChI=1S/C15H13IN2O3/c1-9-8-12(16)4-5-13(9)17-15(19)11-3-6-14(18(20)21)10(2)7-11/h3-8H,1-2H3,(H,17,19). The molecule has 2 aromatic carbocycles. The molecule has 2 rings (SSSR count). The molecule has 21 heavy (non-hydrogen) atoms. The molecule has 0 radical (unpaired) electrons. The summed E-state index contributed by atoms with van der Waals surface area (Å²) in [4.78, 5) is 22.5. The number of hydrogen-bond acceptors (Lipinski definition) is 3. The molecular formula is C15H13IN2O3. The van der Waals surface area contributed by atoms with Gasteiger partial charge in [0.05, 0.1) is 4.92 Å². The molecule has 0 saturated carbocycles. The van der Waals surface area contributed by atoms with Gasteiger partial charge in [-0.05, 0) is 72.3 Å². The summed E-state index contributed by atoms with van der Waals surface area (Å²) in [5.74, 6) is -0.280. The van der Waals surface area contributed by atoms with Crippen molar-refractivity contribution in [1.82, 2.24) is 0 Å². The molecule has 0 spiro atoms. The van der Waals surface area contributed by atoms with Crippen molar-refractivity contribution in [3.05, 3.63) is 66.8 Å². The van der Waals surface area contributed by atoms with Crippen LogP contribution in [0.1, 0.15) is 21.5 Å². The summed E-state index contributed by atoms with van der Waals surface area (Å²) in [6.45, 7) is 3.53. The summed E-state index contributed by atoms with van der Waals surface area (Å²) in [7, 11) is 0. The van der Waals surface area contributed by atoms with E-state index in [-0.39, 0.29) is 11.6 Å². The van der Waals surface area contributed by atoms with Gasteiger partial charge < -0.3 is 5.32 Å². The summed E-state index contributed by atoms with van der Waals surface area (Å²) in [5.41, 5.74) is 2.57. The molecule has 0 atom stereocenters. The smallest absolute Gasteiger partial charge is 0.272 e. The number of carbonyl (C=O) groups excluding carboxylic acids is 1. The van der Waals surface area contributed by atoms with Crippen LogP contribution in [0.3, 0.4) is 0 Å². The Morgan fingerprint density at radius 1 is 1.14 bits per heavy atom. The van der Waals surface area contributed by atoms with Gasteiger partial charge >= 0.3 is 0 Å². The Bertz CT molecular complexity index is 729. The van der Waals surface area contributed by atoms with Crippen LogP contribution in [0, 0.1) is 27.5 Å². The second kappa shape index (κ2) is 6.21. The van der Waals surface area contributed by atoms with Gasteiger partial charge in [0.25, 0.3) is 11.6 Å². The number of hydrogen-bond donors (Lipinski definition) is 1. The lowest BCUT2D eigenvalue weighted by Gasteiger charge is -2.09. The van der Waals surface area contributed by atoms with Gasteiger partial charge in [0.15, 0.2) is 0 Å². The lowest BCUT2D eigenvalue weighted by Crippen LogP contribution is -2.13. The maximum Gasteiger partial charge on any atom is 0.272 e. The second-order valence-corrected chi connectivity index (χ2v) is 5.92. The molecule has 0 heterocycles. The minimum Gasteiger partial charge on any atom is -0.322 e. The van der Waals surface area contributed by atoms with Gasteiger partial charge in [-0.15, -0.1) is 0 Å². The summed E-state index contributed by atoms with van der Waals surface area (Å²) in [6, 6.07) is 10.1. The minimum atomic E-state index is -0.458. The first-order chi connectivity index (χ1) is 9.88. The van der Waals surface area contributed by atoms with E-state index in [0.717, 1.165) is 14.8 Å². The molecule has 0 aliphatic carbocycles. The van der Waals surface area contributed by atoms with Crippen LogP contribution in [-0.4, -0.2) is 10.8 Å². The van der Waals surface area contributed by atoms with E-state index in [1.807, 2.05) is 25.1 Å². The zero-order valence-electron chi connectivity index (χ0n) is 11.5. The topological polar surface area (TPSA) is 72.2 Å². The van der Waals surface area contributed by atoms with E-state index >= 15 is 0 Å². The predicted molar refractivity (Wildman–Crippen MR) is 89.7 cm³/mol. The van der Waals surface area contributed by atoms with Crippen molar-refractivity contribution in [1.29, 1.82) is 0 Å². The number of anilines is 1. The molecule has 1 N–H and O–H groups in total. The first kappa shape index (κ1) is 15.4. The van der Waals surface area contributed by atoms with E-state index in [0.29, 0.717) is 11.1 Å². The second-order valence-electron chi connectivity index (χ2n) is 4.67. The van der Waals surface area contributed by atoms with E-state index in [4.69, 9.17) is 0 Å². The minimum absolute atomic E-state index is 0.0111. The fourth-order valence-corrected chi connectivity index (χ4v) is 2.61. The maximum absolute atomic E-state index is 12.2. The monoisotopic (exact) mass is 396 g/mol. The predicted octanol–water partition coefficient (Wildman–Crippen LogP) is 4.07. The largest absolute Gasteiger partial charge is 0.322 e. The quantitative estimate of drug-likeness (QED) is 0.483. The molecular weight excluding hydrogens is 383 g/mol. The van der Waals surface area contributed by atoms with Crippen LogP contribution in [0.2, 0.25) is 0 Å². The molecule has 0 unspecified atom stereocenters. The number of nitro groups is 1. The van der Waals surface area contributed by atoms with Crippen LogP contribution in [0.25, 0.3) is 0 Å². The Morgan fingerprint density at radius 2 is 1.86 bits per heavy atom. The third-order valence-corrected chi connectivity index (χ3v) is 3.76. The average molecular weight is 396 g/mol. The van der Waals surface area contributed by atoms with Crippen molar-refractivity contribution >= 4 is 39.9 Å². The zero-order chi connectivity index (χ0) is 15.6. The van der Waals surface area contributed by atoms with Gasteiger partial charge in [0.2, 0.25) is 0 Å². The van der Waals surface area contributed by atoms with Crippen molar-refractivity contribution in [2.75, 3.05) is 5.32 Å². The molecule has 0 aliphatic heterocycles. The molecule has 0 aliphatic rings. The van der Waals surface area contributed by atoms with Crippen LogP contribution in [0.15, 0.2) is 36.4 Å². The fourth-order valence-electron chi connectivity index (χ4n) is 1.96. The fraction of sp³-hybridized carbons (Fsp3) is 0.133. The molecule has 0 aromatic heterocycles. The van der Waals surface area contributed by atoms with Gasteiger partial charge in [-0.2, -0.15) is 0 Å². The Kier molecular flexibility index (Phi) is 4.56. The van der Waals surface area contributed by atoms with Crippen LogP contribution >= 0.6 is 22.6 Å². The number of amides is 1. The van der Waals surface area contributed by atoms with Gasteiger partial charge in [-0.3, -0.25) is 14.9 Å². The van der Waals surface area contributed by atoms with E-state index in [1.54, 1.807) is 6.92 Å². The number of halogens is 1. The lowest BCUT2D eigenvalue weighted by molar-refractivity contribution is -0.385. The Hall–Kier alpha value is -1.96. The first-order valence-corrected chi connectivity index (χ1v) is 7.29. The van der Waals surface area contributed by atoms with Crippen molar-refractivity contribution in [3.63, 3.8) is 0 Å². The van der Waals surface area contributed by atoms with Crippen LogP contribution in [0.4, 0.5) is 11.4 Å². The number of nitrogens with zero attached hydrogens (tertiary/aromatic N) is 1. The summed E-state index contributed by atoms with van der Waals surface area (Å²) >= 11 is 2.20. The van der Waals surface area contributed by atoms with Crippen LogP contribution in [-0.2, 0) is 0 Å². The first-order valence-electron chi connectivity index (χ1n) is 6.21. The lowest BCUT2D eigenvalue weighted by atomic mass is 10.1. The average Bonchev–Trinajstić information content (AvgIpc) is 2.41. The van der Waals surface area contributed by atoms with E-state index < -0.39 is 4.92 Å². The number of nitrogens with one attached hydrogen (secondary N) is 1. The maximum atomic E-state index is 12.2. The van der Waals surface area contributed by atoms with E-state index in [9.17, 15) is 14.9 Å². The van der Waals surface area contributed by atoms with Gasteiger partial charge in [-0.25, -0.2) is 0 Å². The number of carbonyl (C=O) groups is 1. The molecule has 108 valence electrons. The SMILES string of the molecule is Cc1cc(I)ccc1NC(=O)c1ccc([N+](=O)[O-])c(C)c1. The highest BCUT2D eigenvalue weighted by molar-refractivity contribution is 14.1. The van der Waals surface area contributed by atoms with E-state index in [1.165, 1.54) is 18.2 Å². The highest BCUT2D eigenvalue weighted by Crippen LogP contribution is 2.21.